The smallest absolute Gasteiger partial charge is 0.140 e. The second-order valence-corrected chi connectivity index (χ2v) is 4.47. The zero-order valence-corrected chi connectivity index (χ0v) is 10.6. The third-order valence-electron chi connectivity index (χ3n) is 2.77. The number of aryl methyl sites for hydroxylation is 3. The predicted octanol–water partition coefficient (Wildman–Crippen LogP) is 3.06. The van der Waals surface area contributed by atoms with Crippen molar-refractivity contribution in [3.63, 3.8) is 0 Å². The average molecular weight is 250 g/mol. The van der Waals surface area contributed by atoms with Crippen molar-refractivity contribution >= 4 is 17.4 Å². The zero-order valence-electron chi connectivity index (χ0n) is 9.86. The van der Waals surface area contributed by atoms with Crippen LogP contribution in [0.1, 0.15) is 17.7 Å². The minimum Gasteiger partial charge on any atom is -0.383 e. The molecule has 0 saturated heterocycles. The molecule has 2 rings (SSSR count). The molecule has 2 N–H and O–H groups in total. The van der Waals surface area contributed by atoms with Gasteiger partial charge in [0.15, 0.2) is 0 Å². The molecule has 0 aliphatic heterocycles. The maximum absolute atomic E-state index is 5.99. The van der Waals surface area contributed by atoms with Gasteiger partial charge in [0.25, 0.3) is 0 Å². The largest absolute Gasteiger partial charge is 0.383 e. The summed E-state index contributed by atoms with van der Waals surface area (Å²) in [7, 11) is 0. The van der Waals surface area contributed by atoms with Crippen LogP contribution in [0, 0.1) is 6.92 Å². The lowest BCUT2D eigenvalue weighted by Crippen LogP contribution is -2.05. The van der Waals surface area contributed by atoms with Crippen LogP contribution in [0.25, 0.3) is 0 Å². The normalized spacial score (nSPS) is 10.7. The summed E-state index contributed by atoms with van der Waals surface area (Å²) in [6.07, 6.45) is 2.03. The summed E-state index contributed by atoms with van der Waals surface area (Å²) in [6.45, 7) is 2.67. The Labute approximate surface area is 106 Å². The van der Waals surface area contributed by atoms with Crippen molar-refractivity contribution in [1.82, 2.24) is 9.78 Å². The number of nitrogens with zero attached hydrogens (tertiary/aromatic N) is 2. The van der Waals surface area contributed by atoms with E-state index in [1.54, 1.807) is 4.68 Å². The quantitative estimate of drug-likeness (QED) is 0.905. The van der Waals surface area contributed by atoms with Crippen LogP contribution in [0.15, 0.2) is 30.3 Å². The predicted molar refractivity (Wildman–Crippen MR) is 71.1 cm³/mol. The summed E-state index contributed by atoms with van der Waals surface area (Å²) in [5.74, 6) is 0.567. The monoisotopic (exact) mass is 249 g/mol. The highest BCUT2D eigenvalue weighted by Gasteiger charge is 2.09. The van der Waals surface area contributed by atoms with Gasteiger partial charge in [0.05, 0.1) is 5.69 Å². The van der Waals surface area contributed by atoms with Gasteiger partial charge in [0.2, 0.25) is 0 Å². The Morgan fingerprint density at radius 3 is 2.59 bits per heavy atom. The lowest BCUT2D eigenvalue weighted by Gasteiger charge is -2.04. The fourth-order valence-electron chi connectivity index (χ4n) is 1.83. The number of nitrogens with two attached hydrogens (primary N) is 1. The van der Waals surface area contributed by atoms with Crippen molar-refractivity contribution in [2.75, 3.05) is 5.73 Å². The number of benzene rings is 1. The van der Waals surface area contributed by atoms with Crippen LogP contribution in [0.4, 0.5) is 5.82 Å². The van der Waals surface area contributed by atoms with Crippen molar-refractivity contribution in [1.29, 1.82) is 0 Å². The molecule has 0 saturated carbocycles. The minimum absolute atomic E-state index is 0.567. The van der Waals surface area contributed by atoms with E-state index in [9.17, 15) is 0 Å². The number of anilines is 1. The van der Waals surface area contributed by atoms with Gasteiger partial charge in [-0.2, -0.15) is 5.10 Å². The van der Waals surface area contributed by atoms with Gasteiger partial charge in [-0.1, -0.05) is 41.9 Å². The van der Waals surface area contributed by atoms with Gasteiger partial charge in [-0.05, 0) is 25.3 Å². The molecule has 0 bridgehead atoms. The van der Waals surface area contributed by atoms with E-state index in [1.165, 1.54) is 5.56 Å². The zero-order chi connectivity index (χ0) is 12.3. The lowest BCUT2D eigenvalue weighted by molar-refractivity contribution is 0.582. The molecule has 1 aromatic carbocycles. The van der Waals surface area contributed by atoms with Crippen LogP contribution in [0.5, 0.6) is 0 Å². The van der Waals surface area contributed by atoms with E-state index < -0.39 is 0 Å². The Bertz CT molecular complexity index is 491. The lowest BCUT2D eigenvalue weighted by atomic mass is 10.1. The van der Waals surface area contributed by atoms with Gasteiger partial charge in [-0.15, -0.1) is 0 Å². The molecule has 0 atom stereocenters. The van der Waals surface area contributed by atoms with Gasteiger partial charge in [-0.3, -0.25) is 0 Å². The molecule has 0 amide bonds. The molecule has 0 radical (unpaired) electrons. The molecule has 0 aliphatic carbocycles. The maximum Gasteiger partial charge on any atom is 0.140 e. The van der Waals surface area contributed by atoms with Crippen LogP contribution in [0.3, 0.4) is 0 Å². The molecule has 0 spiro atoms. The average Bonchev–Trinajstić information content (AvgIpc) is 2.59. The van der Waals surface area contributed by atoms with E-state index in [0.29, 0.717) is 10.8 Å². The van der Waals surface area contributed by atoms with Crippen molar-refractivity contribution < 1.29 is 0 Å². The first kappa shape index (κ1) is 12.0. The Morgan fingerprint density at radius 2 is 2.00 bits per heavy atom. The molecule has 0 aliphatic rings. The van der Waals surface area contributed by atoms with Gasteiger partial charge in [-0.25, -0.2) is 4.68 Å². The summed E-state index contributed by atoms with van der Waals surface area (Å²) in [5, 5.41) is 4.87. The molecule has 90 valence electrons. The second kappa shape index (κ2) is 5.23. The van der Waals surface area contributed by atoms with Crippen molar-refractivity contribution in [2.45, 2.75) is 26.3 Å². The van der Waals surface area contributed by atoms with Crippen LogP contribution < -0.4 is 5.73 Å². The second-order valence-electron chi connectivity index (χ2n) is 4.10. The minimum atomic E-state index is 0.567. The first-order valence-corrected chi connectivity index (χ1v) is 6.08. The van der Waals surface area contributed by atoms with Crippen LogP contribution in [-0.2, 0) is 13.0 Å². The summed E-state index contributed by atoms with van der Waals surface area (Å²) in [6, 6.07) is 10.4. The molecular formula is C13H16ClN3. The summed E-state index contributed by atoms with van der Waals surface area (Å²) >= 11 is 5.99. The Morgan fingerprint density at radius 1 is 1.29 bits per heavy atom. The van der Waals surface area contributed by atoms with Crippen molar-refractivity contribution in [2.24, 2.45) is 0 Å². The summed E-state index contributed by atoms with van der Waals surface area (Å²) in [5.41, 5.74) is 7.98. The first-order chi connectivity index (χ1) is 8.18. The van der Waals surface area contributed by atoms with Crippen molar-refractivity contribution in [3.05, 3.63) is 46.6 Å². The van der Waals surface area contributed by atoms with Crippen LogP contribution in [0.2, 0.25) is 5.02 Å². The standard InChI is InChI=1S/C13H16ClN3/c1-10-12(14)13(15)17(16-10)9-5-8-11-6-3-2-4-7-11/h2-4,6-7H,5,8-9,15H2,1H3. The maximum atomic E-state index is 5.99. The Balaban J connectivity index is 1.92. The van der Waals surface area contributed by atoms with E-state index in [2.05, 4.69) is 29.4 Å². The van der Waals surface area contributed by atoms with Crippen molar-refractivity contribution in [3.8, 4) is 0 Å². The third-order valence-corrected chi connectivity index (χ3v) is 3.24. The number of hydrogen-bond donors (Lipinski definition) is 1. The fraction of sp³-hybridized carbons (Fsp3) is 0.308. The molecule has 2 aromatic rings. The highest BCUT2D eigenvalue weighted by molar-refractivity contribution is 6.33. The Kier molecular flexibility index (Phi) is 3.69. The molecule has 1 aromatic heterocycles. The van der Waals surface area contributed by atoms with Crippen LogP contribution >= 0.6 is 11.6 Å². The molecule has 17 heavy (non-hydrogen) atoms. The van der Waals surface area contributed by atoms with E-state index in [1.807, 2.05) is 13.0 Å². The molecule has 4 heteroatoms. The van der Waals surface area contributed by atoms with Gasteiger partial charge < -0.3 is 5.73 Å². The first-order valence-electron chi connectivity index (χ1n) is 5.71. The van der Waals surface area contributed by atoms with Gasteiger partial charge in [0.1, 0.15) is 10.8 Å². The molecular weight excluding hydrogens is 234 g/mol. The topological polar surface area (TPSA) is 43.8 Å². The summed E-state index contributed by atoms with van der Waals surface area (Å²) < 4.78 is 1.78. The molecule has 0 fully saturated rings. The number of aromatic nitrogens is 2. The fourth-order valence-corrected chi connectivity index (χ4v) is 1.96. The molecule has 3 nitrogen and oxygen atoms in total. The van der Waals surface area contributed by atoms with Gasteiger partial charge >= 0.3 is 0 Å². The van der Waals surface area contributed by atoms with Gasteiger partial charge in [0, 0.05) is 6.54 Å². The number of nitrogen functional groups attached to an aromatic ring is 1. The third kappa shape index (κ3) is 2.80. The molecule has 1 heterocycles. The molecule has 0 unspecified atom stereocenters. The van der Waals surface area contributed by atoms with E-state index >= 15 is 0 Å². The highest BCUT2D eigenvalue weighted by Crippen LogP contribution is 2.22. The van der Waals surface area contributed by atoms with E-state index in [4.69, 9.17) is 17.3 Å². The summed E-state index contributed by atoms with van der Waals surface area (Å²) in [4.78, 5) is 0. The number of halogens is 1. The SMILES string of the molecule is Cc1nn(CCCc2ccccc2)c(N)c1Cl. The highest BCUT2D eigenvalue weighted by atomic mass is 35.5. The number of hydrogen-bond acceptors (Lipinski definition) is 2. The van der Waals surface area contributed by atoms with Crippen LogP contribution in [-0.4, -0.2) is 9.78 Å². The Hall–Kier alpha value is -1.48. The van der Waals surface area contributed by atoms with E-state index in [0.717, 1.165) is 25.1 Å². The number of rotatable bonds is 4. The van der Waals surface area contributed by atoms with E-state index in [-0.39, 0.29) is 0 Å².